The third-order valence-corrected chi connectivity index (χ3v) is 3.82. The van der Waals surface area contributed by atoms with Crippen LogP contribution in [0.2, 0.25) is 0 Å². The molecule has 100 valence electrons. The Kier molecular flexibility index (Phi) is 4.39. The molecule has 1 aliphatic rings. The van der Waals surface area contributed by atoms with E-state index in [1.165, 1.54) is 25.7 Å². The number of hydrogen-bond donors (Lipinski definition) is 2. The maximum atomic E-state index is 5.77. The molecule has 0 aromatic carbocycles. The lowest BCUT2D eigenvalue weighted by atomic mass is 9.83. The van der Waals surface area contributed by atoms with Crippen LogP contribution in [0.15, 0.2) is 6.07 Å². The van der Waals surface area contributed by atoms with Gasteiger partial charge in [-0.1, -0.05) is 26.7 Å². The Bertz CT molecular complexity index is 383. The number of aromatic nitrogens is 2. The number of rotatable bonds is 4. The van der Waals surface area contributed by atoms with Crippen molar-refractivity contribution >= 4 is 11.6 Å². The molecular weight excluding hydrogens is 224 g/mol. The fraction of sp³-hybridized carbons (Fsp3) is 0.714. The molecule has 4 nitrogen and oxygen atoms in total. The Labute approximate surface area is 109 Å². The lowest BCUT2D eigenvalue weighted by Gasteiger charge is -2.26. The molecule has 18 heavy (non-hydrogen) atoms. The highest BCUT2D eigenvalue weighted by molar-refractivity contribution is 5.44. The number of anilines is 2. The smallest absolute Gasteiger partial charge is 0.132 e. The second kappa shape index (κ2) is 6.03. The second-order valence-electron chi connectivity index (χ2n) is 5.45. The van der Waals surface area contributed by atoms with Gasteiger partial charge in [-0.25, -0.2) is 9.97 Å². The van der Waals surface area contributed by atoms with Crippen LogP contribution >= 0.6 is 0 Å². The Morgan fingerprint density at radius 2 is 2.00 bits per heavy atom. The van der Waals surface area contributed by atoms with Gasteiger partial charge in [-0.05, 0) is 24.7 Å². The molecule has 1 aromatic rings. The van der Waals surface area contributed by atoms with Crippen LogP contribution in [-0.2, 0) is 6.42 Å². The average Bonchev–Trinajstić information content (AvgIpc) is 2.37. The first-order chi connectivity index (χ1) is 8.67. The van der Waals surface area contributed by atoms with Gasteiger partial charge in [0.1, 0.15) is 17.5 Å². The molecule has 1 heterocycles. The van der Waals surface area contributed by atoms with E-state index < -0.39 is 0 Å². The molecule has 0 spiro atoms. The minimum atomic E-state index is 0.557. The highest BCUT2D eigenvalue weighted by Gasteiger charge is 2.18. The summed E-state index contributed by atoms with van der Waals surface area (Å²) in [5.41, 5.74) is 5.77. The Morgan fingerprint density at radius 1 is 1.28 bits per heavy atom. The van der Waals surface area contributed by atoms with E-state index in [-0.39, 0.29) is 0 Å². The van der Waals surface area contributed by atoms with E-state index in [2.05, 4.69) is 22.2 Å². The topological polar surface area (TPSA) is 63.8 Å². The summed E-state index contributed by atoms with van der Waals surface area (Å²) in [6.07, 6.45) is 6.20. The highest BCUT2D eigenvalue weighted by atomic mass is 15.0. The lowest BCUT2D eigenvalue weighted by molar-refractivity contribution is 0.300. The Balaban J connectivity index is 1.88. The van der Waals surface area contributed by atoms with Gasteiger partial charge in [0, 0.05) is 19.0 Å². The zero-order chi connectivity index (χ0) is 13.0. The van der Waals surface area contributed by atoms with Gasteiger partial charge in [0.15, 0.2) is 0 Å². The van der Waals surface area contributed by atoms with E-state index in [1.807, 2.05) is 13.0 Å². The molecule has 0 aliphatic heterocycles. The van der Waals surface area contributed by atoms with Gasteiger partial charge in [-0.2, -0.15) is 0 Å². The van der Waals surface area contributed by atoms with Crippen molar-refractivity contribution in [3.8, 4) is 0 Å². The molecule has 1 fully saturated rings. The van der Waals surface area contributed by atoms with Crippen molar-refractivity contribution in [2.24, 2.45) is 11.8 Å². The zero-order valence-corrected chi connectivity index (χ0v) is 11.4. The lowest BCUT2D eigenvalue weighted by Crippen LogP contribution is -2.20. The van der Waals surface area contributed by atoms with Gasteiger partial charge in [0.25, 0.3) is 0 Å². The highest BCUT2D eigenvalue weighted by Crippen LogP contribution is 2.28. The maximum Gasteiger partial charge on any atom is 0.132 e. The van der Waals surface area contributed by atoms with Gasteiger partial charge in [0.2, 0.25) is 0 Å². The molecule has 0 bridgehead atoms. The molecule has 0 unspecified atom stereocenters. The van der Waals surface area contributed by atoms with E-state index in [0.717, 1.165) is 36.4 Å². The molecule has 0 atom stereocenters. The third kappa shape index (κ3) is 3.59. The van der Waals surface area contributed by atoms with Crippen LogP contribution in [0.5, 0.6) is 0 Å². The molecular formula is C14H24N4. The monoisotopic (exact) mass is 248 g/mol. The van der Waals surface area contributed by atoms with Crippen molar-refractivity contribution in [3.63, 3.8) is 0 Å². The summed E-state index contributed by atoms with van der Waals surface area (Å²) in [5, 5.41) is 3.41. The molecule has 1 aliphatic carbocycles. The first-order valence-electron chi connectivity index (χ1n) is 7.04. The molecule has 4 heteroatoms. The number of nitrogens with one attached hydrogen (secondary N) is 1. The van der Waals surface area contributed by atoms with Crippen LogP contribution in [-0.4, -0.2) is 16.5 Å². The predicted octanol–water partition coefficient (Wildman–Crippen LogP) is 2.86. The van der Waals surface area contributed by atoms with Crippen LogP contribution in [0, 0.1) is 11.8 Å². The van der Waals surface area contributed by atoms with Crippen molar-refractivity contribution in [2.45, 2.75) is 46.0 Å². The van der Waals surface area contributed by atoms with Crippen LogP contribution in [0.1, 0.15) is 45.4 Å². The molecule has 3 N–H and O–H groups in total. The number of nitrogens with two attached hydrogens (primary N) is 1. The Morgan fingerprint density at radius 3 is 2.67 bits per heavy atom. The number of aryl methyl sites for hydroxylation is 1. The van der Waals surface area contributed by atoms with Crippen LogP contribution in [0.4, 0.5) is 11.6 Å². The van der Waals surface area contributed by atoms with E-state index in [9.17, 15) is 0 Å². The standard InChI is InChI=1S/C14H24N4/c1-3-13-17-12(15)8-14(18-13)16-9-11-6-4-10(2)5-7-11/h8,10-11H,3-7,9H2,1-2H3,(H3,15,16,17,18). The van der Waals surface area contributed by atoms with E-state index in [0.29, 0.717) is 5.82 Å². The first-order valence-corrected chi connectivity index (χ1v) is 7.04. The fourth-order valence-corrected chi connectivity index (χ4v) is 2.55. The molecule has 0 saturated heterocycles. The van der Waals surface area contributed by atoms with E-state index >= 15 is 0 Å². The van der Waals surface area contributed by atoms with Crippen molar-refractivity contribution < 1.29 is 0 Å². The van der Waals surface area contributed by atoms with Crippen LogP contribution in [0.25, 0.3) is 0 Å². The minimum absolute atomic E-state index is 0.557. The van der Waals surface area contributed by atoms with Crippen LogP contribution in [0.3, 0.4) is 0 Å². The van der Waals surface area contributed by atoms with Gasteiger partial charge in [-0.15, -0.1) is 0 Å². The van der Waals surface area contributed by atoms with Crippen molar-refractivity contribution in [1.29, 1.82) is 0 Å². The summed E-state index contributed by atoms with van der Waals surface area (Å²) in [6.45, 7) is 5.40. The van der Waals surface area contributed by atoms with Crippen molar-refractivity contribution in [1.82, 2.24) is 9.97 Å². The normalized spacial score (nSPS) is 23.9. The van der Waals surface area contributed by atoms with Gasteiger partial charge < -0.3 is 11.1 Å². The summed E-state index contributed by atoms with van der Waals surface area (Å²) >= 11 is 0. The largest absolute Gasteiger partial charge is 0.384 e. The number of hydrogen-bond acceptors (Lipinski definition) is 4. The SMILES string of the molecule is CCc1nc(N)cc(NCC2CCC(C)CC2)n1. The summed E-state index contributed by atoms with van der Waals surface area (Å²) in [4.78, 5) is 8.63. The zero-order valence-electron chi connectivity index (χ0n) is 11.4. The third-order valence-electron chi connectivity index (χ3n) is 3.82. The van der Waals surface area contributed by atoms with Crippen molar-refractivity contribution in [2.75, 3.05) is 17.6 Å². The average molecular weight is 248 g/mol. The fourth-order valence-electron chi connectivity index (χ4n) is 2.55. The summed E-state index contributed by atoms with van der Waals surface area (Å²) in [6, 6.07) is 1.82. The predicted molar refractivity (Wildman–Crippen MR) is 75.4 cm³/mol. The quantitative estimate of drug-likeness (QED) is 0.860. The van der Waals surface area contributed by atoms with Crippen molar-refractivity contribution in [3.05, 3.63) is 11.9 Å². The number of nitrogen functional groups attached to an aromatic ring is 1. The van der Waals surface area contributed by atoms with Gasteiger partial charge in [-0.3, -0.25) is 0 Å². The number of nitrogens with zero attached hydrogens (tertiary/aromatic N) is 2. The Hall–Kier alpha value is -1.32. The minimum Gasteiger partial charge on any atom is -0.384 e. The summed E-state index contributed by atoms with van der Waals surface area (Å²) in [5.74, 6) is 3.93. The van der Waals surface area contributed by atoms with Crippen LogP contribution < -0.4 is 11.1 Å². The van der Waals surface area contributed by atoms with E-state index in [1.54, 1.807) is 0 Å². The molecule has 0 amide bonds. The summed E-state index contributed by atoms with van der Waals surface area (Å²) < 4.78 is 0. The molecule has 0 radical (unpaired) electrons. The first kappa shape index (κ1) is 13.1. The second-order valence-corrected chi connectivity index (χ2v) is 5.45. The molecule has 2 rings (SSSR count). The summed E-state index contributed by atoms with van der Waals surface area (Å²) in [7, 11) is 0. The van der Waals surface area contributed by atoms with Gasteiger partial charge in [0.05, 0.1) is 0 Å². The van der Waals surface area contributed by atoms with Gasteiger partial charge >= 0.3 is 0 Å². The van der Waals surface area contributed by atoms with E-state index in [4.69, 9.17) is 5.73 Å². The maximum absolute atomic E-state index is 5.77. The molecule has 1 aromatic heterocycles. The molecule has 1 saturated carbocycles.